The van der Waals surface area contributed by atoms with Gasteiger partial charge >= 0.3 is 6.18 Å². The standard InChI is InChI=1S/C29H35F5N4O3.CH2O2/c30-28(31)14-18(15-28)35-17-4-6-19(7-5-17)37(13-12-27(10-11-27)29(32,33)34)22-3-1-2-20-21(22)16-38(26(20)41)23-8-9-24(39)36-25(23)40;2-1-3/h1-3,17-19,23,35H,4-16H2,(H,36,39,40);1H,(H,2,3). The number of imide groups is 1. The lowest BCUT2D eigenvalue weighted by Crippen LogP contribution is -2.53. The summed E-state index contributed by atoms with van der Waals surface area (Å²) in [4.78, 5) is 49.4. The van der Waals surface area contributed by atoms with E-state index in [-0.39, 0.29) is 94.4 Å². The Morgan fingerprint density at radius 2 is 1.70 bits per heavy atom. The minimum atomic E-state index is -4.28. The van der Waals surface area contributed by atoms with Crippen LogP contribution >= 0.6 is 0 Å². The number of anilines is 1. The van der Waals surface area contributed by atoms with Crippen molar-refractivity contribution < 1.29 is 46.2 Å². The molecular formula is C30H37F5N4O5. The predicted molar refractivity (Wildman–Crippen MR) is 148 cm³/mol. The Morgan fingerprint density at radius 1 is 1.05 bits per heavy atom. The molecule has 3 aliphatic carbocycles. The van der Waals surface area contributed by atoms with E-state index in [4.69, 9.17) is 9.90 Å². The summed E-state index contributed by atoms with van der Waals surface area (Å²) in [6.07, 6.45) is -1.23. The van der Waals surface area contributed by atoms with Crippen LogP contribution in [0.25, 0.3) is 0 Å². The number of carbonyl (C=O) groups excluding carboxylic acids is 3. The molecule has 1 unspecified atom stereocenters. The van der Waals surface area contributed by atoms with E-state index in [1.807, 2.05) is 11.0 Å². The summed E-state index contributed by atoms with van der Waals surface area (Å²) in [5.41, 5.74) is 0.150. The Morgan fingerprint density at radius 3 is 2.27 bits per heavy atom. The van der Waals surface area contributed by atoms with Gasteiger partial charge in [0.15, 0.2) is 0 Å². The van der Waals surface area contributed by atoms with E-state index in [1.165, 1.54) is 4.90 Å². The lowest BCUT2D eigenvalue weighted by Gasteiger charge is -2.43. The van der Waals surface area contributed by atoms with Gasteiger partial charge in [0.1, 0.15) is 6.04 Å². The van der Waals surface area contributed by atoms with Crippen molar-refractivity contribution in [3.05, 3.63) is 29.3 Å². The summed E-state index contributed by atoms with van der Waals surface area (Å²) in [5, 5.41) is 12.5. The lowest BCUT2D eigenvalue weighted by molar-refractivity contribution is -0.188. The Kier molecular flexibility index (Phi) is 8.94. The SMILES string of the molecule is O=C1CCC(N2Cc3c(cccc3N(CCC3(C(F)(F)F)CC3)C3CCC(NC4CC(F)(F)C4)CC3)C2=O)C(=O)N1.O=CO. The number of carbonyl (C=O) groups is 4. The van der Waals surface area contributed by atoms with Gasteiger partial charge in [-0.25, -0.2) is 8.78 Å². The molecule has 3 N–H and O–H groups in total. The molecule has 44 heavy (non-hydrogen) atoms. The summed E-state index contributed by atoms with van der Waals surface area (Å²) in [6.45, 7) is 0.0739. The molecule has 0 aromatic heterocycles. The molecule has 6 rings (SSSR count). The first kappa shape index (κ1) is 32.1. The van der Waals surface area contributed by atoms with E-state index < -0.39 is 29.5 Å². The minimum absolute atomic E-state index is 0.0414. The van der Waals surface area contributed by atoms with Gasteiger partial charge in [-0.15, -0.1) is 0 Å². The molecule has 0 radical (unpaired) electrons. The molecule has 0 spiro atoms. The number of amides is 3. The van der Waals surface area contributed by atoms with Gasteiger partial charge < -0.3 is 20.2 Å². The normalized spacial score (nSPS) is 27.4. The van der Waals surface area contributed by atoms with E-state index in [2.05, 4.69) is 10.6 Å². The number of hydrogen-bond acceptors (Lipinski definition) is 6. The molecule has 1 saturated heterocycles. The zero-order valence-corrected chi connectivity index (χ0v) is 24.2. The summed E-state index contributed by atoms with van der Waals surface area (Å²) in [5.74, 6) is -3.82. The second-order valence-electron chi connectivity index (χ2n) is 12.7. The average Bonchev–Trinajstić information content (AvgIpc) is 3.67. The number of hydrogen-bond donors (Lipinski definition) is 3. The van der Waals surface area contributed by atoms with Gasteiger partial charge in [-0.3, -0.25) is 24.5 Å². The number of nitrogens with zero attached hydrogens (tertiary/aromatic N) is 2. The van der Waals surface area contributed by atoms with Crippen LogP contribution in [-0.4, -0.2) is 77.0 Å². The second-order valence-corrected chi connectivity index (χ2v) is 12.7. The van der Waals surface area contributed by atoms with Crippen LogP contribution in [0.1, 0.15) is 86.6 Å². The van der Waals surface area contributed by atoms with Crippen molar-refractivity contribution >= 4 is 29.9 Å². The molecular weight excluding hydrogens is 591 g/mol. The average molecular weight is 629 g/mol. The molecule has 5 aliphatic rings. The van der Waals surface area contributed by atoms with E-state index in [1.54, 1.807) is 12.1 Å². The first-order chi connectivity index (χ1) is 20.8. The van der Waals surface area contributed by atoms with Gasteiger partial charge in [-0.1, -0.05) is 6.07 Å². The third-order valence-corrected chi connectivity index (χ3v) is 9.85. The molecule has 3 amide bonds. The van der Waals surface area contributed by atoms with Crippen molar-refractivity contribution in [3.8, 4) is 0 Å². The van der Waals surface area contributed by atoms with Crippen LogP contribution < -0.4 is 15.5 Å². The molecule has 4 fully saturated rings. The topological polar surface area (TPSA) is 119 Å². The van der Waals surface area contributed by atoms with Crippen molar-refractivity contribution in [2.24, 2.45) is 5.41 Å². The van der Waals surface area contributed by atoms with Crippen LogP contribution in [0.15, 0.2) is 18.2 Å². The number of carboxylic acid groups (broad SMARTS) is 1. The van der Waals surface area contributed by atoms with Gasteiger partial charge in [-0.2, -0.15) is 13.2 Å². The number of piperidine rings is 1. The molecule has 1 aromatic rings. The maximum absolute atomic E-state index is 13.9. The Labute approximate surface area is 251 Å². The predicted octanol–water partition coefficient (Wildman–Crippen LogP) is 4.39. The molecule has 3 saturated carbocycles. The smallest absolute Gasteiger partial charge is 0.394 e. The molecule has 1 aromatic carbocycles. The van der Waals surface area contributed by atoms with Gasteiger partial charge in [0.25, 0.3) is 18.3 Å². The molecule has 1 atom stereocenters. The zero-order chi connectivity index (χ0) is 31.9. The Balaban J connectivity index is 0.00000123. The fourth-order valence-corrected chi connectivity index (χ4v) is 7.17. The number of nitrogens with one attached hydrogen (secondary N) is 2. The number of benzene rings is 1. The van der Waals surface area contributed by atoms with E-state index in [0.717, 1.165) is 12.8 Å². The highest BCUT2D eigenvalue weighted by Gasteiger charge is 2.62. The fraction of sp³-hybridized carbons (Fsp3) is 0.667. The van der Waals surface area contributed by atoms with Gasteiger partial charge in [-0.05, 0) is 63.5 Å². The van der Waals surface area contributed by atoms with Gasteiger partial charge in [0.2, 0.25) is 11.8 Å². The van der Waals surface area contributed by atoms with E-state index in [9.17, 15) is 36.3 Å². The van der Waals surface area contributed by atoms with Gasteiger partial charge in [0.05, 0.1) is 5.41 Å². The Bertz CT molecular complexity index is 1270. The molecule has 2 aliphatic heterocycles. The second kappa shape index (κ2) is 12.2. The Hall–Kier alpha value is -3.29. The van der Waals surface area contributed by atoms with Crippen LogP contribution in [-0.2, 0) is 20.9 Å². The van der Waals surface area contributed by atoms with Crippen LogP contribution in [0.2, 0.25) is 0 Å². The molecule has 0 bridgehead atoms. The third kappa shape index (κ3) is 6.54. The fourth-order valence-electron chi connectivity index (χ4n) is 7.17. The largest absolute Gasteiger partial charge is 0.483 e. The van der Waals surface area contributed by atoms with E-state index >= 15 is 0 Å². The summed E-state index contributed by atoms with van der Waals surface area (Å²) in [7, 11) is 0. The lowest BCUT2D eigenvalue weighted by atomic mass is 9.84. The van der Waals surface area contributed by atoms with Crippen molar-refractivity contribution in [3.63, 3.8) is 0 Å². The highest BCUT2D eigenvalue weighted by Crippen LogP contribution is 2.60. The number of alkyl halides is 5. The van der Waals surface area contributed by atoms with Crippen LogP contribution in [0.3, 0.4) is 0 Å². The van der Waals surface area contributed by atoms with Crippen molar-refractivity contribution in [2.75, 3.05) is 11.4 Å². The first-order valence-corrected chi connectivity index (χ1v) is 15.1. The maximum Gasteiger partial charge on any atom is 0.394 e. The highest BCUT2D eigenvalue weighted by atomic mass is 19.4. The maximum atomic E-state index is 13.9. The summed E-state index contributed by atoms with van der Waals surface area (Å²) in [6, 6.07) is 4.29. The third-order valence-electron chi connectivity index (χ3n) is 9.85. The van der Waals surface area contributed by atoms with Crippen molar-refractivity contribution in [1.29, 1.82) is 0 Å². The summed E-state index contributed by atoms with van der Waals surface area (Å²) >= 11 is 0. The quantitative estimate of drug-likeness (QED) is 0.222. The summed E-state index contributed by atoms with van der Waals surface area (Å²) < 4.78 is 68.2. The monoisotopic (exact) mass is 628 g/mol. The molecule has 242 valence electrons. The zero-order valence-electron chi connectivity index (χ0n) is 24.2. The number of fused-ring (bicyclic) bond motifs is 1. The molecule has 14 heteroatoms. The van der Waals surface area contributed by atoms with Crippen LogP contribution in [0.4, 0.5) is 27.6 Å². The minimum Gasteiger partial charge on any atom is -0.483 e. The molecule has 2 heterocycles. The first-order valence-electron chi connectivity index (χ1n) is 15.1. The van der Waals surface area contributed by atoms with Crippen LogP contribution in [0, 0.1) is 5.41 Å². The van der Waals surface area contributed by atoms with Gasteiger partial charge in [0, 0.05) is 67.3 Å². The van der Waals surface area contributed by atoms with Crippen molar-refractivity contribution in [1.82, 2.24) is 15.5 Å². The number of halogens is 5. The van der Waals surface area contributed by atoms with E-state index in [0.29, 0.717) is 29.7 Å². The highest BCUT2D eigenvalue weighted by molar-refractivity contribution is 6.06. The molecule has 9 nitrogen and oxygen atoms in total. The van der Waals surface area contributed by atoms with Crippen molar-refractivity contribution in [2.45, 2.75) is 113 Å². The number of rotatable bonds is 8. The van der Waals surface area contributed by atoms with Crippen LogP contribution in [0.5, 0.6) is 0 Å².